The second kappa shape index (κ2) is 5.37. The summed E-state index contributed by atoms with van der Waals surface area (Å²) in [5.41, 5.74) is 1.89. The number of hydrogen-bond donors (Lipinski definition) is 1. The van der Waals surface area contributed by atoms with Gasteiger partial charge in [-0.05, 0) is 6.92 Å². The number of rotatable bonds is 5. The van der Waals surface area contributed by atoms with Crippen molar-refractivity contribution >= 4 is 28.6 Å². The molecule has 0 spiro atoms. The molecule has 0 fully saturated rings. The molecule has 0 amide bonds. The maximum atomic E-state index is 10.4. The van der Waals surface area contributed by atoms with Gasteiger partial charge in [0, 0.05) is 23.6 Å². The van der Waals surface area contributed by atoms with Crippen molar-refractivity contribution in [3.8, 4) is 0 Å². The molecule has 0 bridgehead atoms. The van der Waals surface area contributed by atoms with Gasteiger partial charge in [-0.1, -0.05) is 0 Å². The smallest absolute Gasteiger partial charge is 0.303 e. The number of aryl methyl sites for hydroxylation is 2. The average Bonchev–Trinajstić information content (AvgIpc) is 2.86. The van der Waals surface area contributed by atoms with Crippen LogP contribution in [-0.2, 0) is 17.6 Å². The van der Waals surface area contributed by atoms with Crippen LogP contribution in [0.4, 0.5) is 0 Å². The first-order valence-electron chi connectivity index (χ1n) is 5.19. The van der Waals surface area contributed by atoms with E-state index in [2.05, 4.69) is 9.97 Å². The molecular formula is C11H12N2O2S2. The highest BCUT2D eigenvalue weighted by Crippen LogP contribution is 2.17. The summed E-state index contributed by atoms with van der Waals surface area (Å²) in [6.07, 6.45) is 1.38. The predicted octanol–water partition coefficient (Wildman–Crippen LogP) is 2.52. The third-order valence-corrected chi connectivity index (χ3v) is 3.91. The van der Waals surface area contributed by atoms with Crippen molar-refractivity contribution in [2.24, 2.45) is 0 Å². The summed E-state index contributed by atoms with van der Waals surface area (Å²) in [5, 5.41) is 14.6. The average molecular weight is 268 g/mol. The van der Waals surface area contributed by atoms with Crippen LogP contribution in [0.15, 0.2) is 10.8 Å². The normalized spacial score (nSPS) is 10.6. The molecule has 1 N–H and O–H groups in total. The van der Waals surface area contributed by atoms with Gasteiger partial charge in [-0.2, -0.15) is 0 Å². The molecular weight excluding hydrogens is 256 g/mol. The largest absolute Gasteiger partial charge is 0.481 e. The molecule has 0 aliphatic rings. The molecule has 4 nitrogen and oxygen atoms in total. The van der Waals surface area contributed by atoms with Crippen molar-refractivity contribution in [3.05, 3.63) is 32.2 Å². The van der Waals surface area contributed by atoms with Gasteiger partial charge in [0.15, 0.2) is 0 Å². The fourth-order valence-corrected chi connectivity index (χ4v) is 2.88. The van der Waals surface area contributed by atoms with Gasteiger partial charge in [-0.3, -0.25) is 4.79 Å². The van der Waals surface area contributed by atoms with E-state index in [1.54, 1.807) is 22.7 Å². The SMILES string of the molecule is Cc1nc(Cc2nc(CCC(=O)O)cs2)cs1. The van der Waals surface area contributed by atoms with E-state index in [0.717, 1.165) is 27.8 Å². The van der Waals surface area contributed by atoms with Gasteiger partial charge in [0.1, 0.15) is 0 Å². The van der Waals surface area contributed by atoms with Crippen LogP contribution in [0.2, 0.25) is 0 Å². The summed E-state index contributed by atoms with van der Waals surface area (Å²) in [7, 11) is 0. The Morgan fingerprint density at radius 2 is 2.06 bits per heavy atom. The van der Waals surface area contributed by atoms with Crippen LogP contribution in [0.25, 0.3) is 0 Å². The summed E-state index contributed by atoms with van der Waals surface area (Å²) in [4.78, 5) is 19.2. The zero-order chi connectivity index (χ0) is 12.3. The van der Waals surface area contributed by atoms with Crippen molar-refractivity contribution in [2.75, 3.05) is 0 Å². The van der Waals surface area contributed by atoms with Gasteiger partial charge in [0.05, 0.1) is 27.8 Å². The molecule has 0 aliphatic heterocycles. The Bertz CT molecular complexity index is 519. The molecule has 2 rings (SSSR count). The zero-order valence-electron chi connectivity index (χ0n) is 9.34. The fourth-order valence-electron chi connectivity index (χ4n) is 1.42. The van der Waals surface area contributed by atoms with Gasteiger partial charge in [-0.15, -0.1) is 22.7 Å². The van der Waals surface area contributed by atoms with Crippen molar-refractivity contribution < 1.29 is 9.90 Å². The van der Waals surface area contributed by atoms with Crippen molar-refractivity contribution in [3.63, 3.8) is 0 Å². The van der Waals surface area contributed by atoms with Gasteiger partial charge >= 0.3 is 5.97 Å². The van der Waals surface area contributed by atoms with E-state index in [9.17, 15) is 4.79 Å². The molecule has 2 aromatic rings. The molecule has 0 radical (unpaired) electrons. The van der Waals surface area contributed by atoms with Gasteiger partial charge in [0.25, 0.3) is 0 Å². The van der Waals surface area contributed by atoms with Crippen molar-refractivity contribution in [1.82, 2.24) is 9.97 Å². The third kappa shape index (κ3) is 3.61. The molecule has 2 aromatic heterocycles. The quantitative estimate of drug-likeness (QED) is 0.905. The fraction of sp³-hybridized carbons (Fsp3) is 0.364. The molecule has 17 heavy (non-hydrogen) atoms. The summed E-state index contributed by atoms with van der Waals surface area (Å²) >= 11 is 3.20. The highest BCUT2D eigenvalue weighted by molar-refractivity contribution is 7.10. The molecule has 90 valence electrons. The number of aliphatic carboxylic acids is 1. The maximum Gasteiger partial charge on any atom is 0.303 e. The maximum absolute atomic E-state index is 10.4. The van der Waals surface area contributed by atoms with Crippen LogP contribution in [0, 0.1) is 6.92 Å². The lowest BCUT2D eigenvalue weighted by Crippen LogP contribution is -1.98. The number of carboxylic acid groups (broad SMARTS) is 1. The number of carboxylic acids is 1. The first-order chi connectivity index (χ1) is 8.13. The molecule has 0 aliphatic carbocycles. The van der Waals surface area contributed by atoms with E-state index in [1.165, 1.54) is 0 Å². The van der Waals surface area contributed by atoms with E-state index in [0.29, 0.717) is 6.42 Å². The molecule has 0 saturated carbocycles. The first kappa shape index (κ1) is 12.2. The van der Waals surface area contributed by atoms with Gasteiger partial charge in [-0.25, -0.2) is 9.97 Å². The number of nitrogens with zero attached hydrogens (tertiary/aromatic N) is 2. The highest BCUT2D eigenvalue weighted by atomic mass is 32.1. The summed E-state index contributed by atoms with van der Waals surface area (Å²) in [6.45, 7) is 1.98. The number of carbonyl (C=O) groups is 1. The summed E-state index contributed by atoms with van der Waals surface area (Å²) in [6, 6.07) is 0. The second-order valence-electron chi connectivity index (χ2n) is 3.66. The molecule has 0 aromatic carbocycles. The molecule has 0 unspecified atom stereocenters. The Balaban J connectivity index is 1.96. The van der Waals surface area contributed by atoms with Crippen LogP contribution in [0.5, 0.6) is 0 Å². The Hall–Kier alpha value is -1.27. The monoisotopic (exact) mass is 268 g/mol. The molecule has 0 saturated heterocycles. The third-order valence-electron chi connectivity index (χ3n) is 2.19. The Labute approximate surface area is 107 Å². The minimum atomic E-state index is -0.783. The topological polar surface area (TPSA) is 63.1 Å². The van der Waals surface area contributed by atoms with E-state index in [1.807, 2.05) is 17.7 Å². The van der Waals surface area contributed by atoms with E-state index in [-0.39, 0.29) is 6.42 Å². The van der Waals surface area contributed by atoms with Crippen LogP contribution in [0.1, 0.15) is 27.8 Å². The van der Waals surface area contributed by atoms with E-state index in [4.69, 9.17) is 5.11 Å². The molecule has 2 heterocycles. The van der Waals surface area contributed by atoms with Crippen molar-refractivity contribution in [2.45, 2.75) is 26.2 Å². The van der Waals surface area contributed by atoms with Crippen LogP contribution < -0.4 is 0 Å². The Kier molecular flexibility index (Phi) is 3.86. The molecule has 0 atom stereocenters. The van der Waals surface area contributed by atoms with Crippen LogP contribution >= 0.6 is 22.7 Å². The Morgan fingerprint density at radius 1 is 1.29 bits per heavy atom. The van der Waals surface area contributed by atoms with E-state index >= 15 is 0 Å². The number of aromatic nitrogens is 2. The Morgan fingerprint density at radius 3 is 2.71 bits per heavy atom. The minimum absolute atomic E-state index is 0.138. The predicted molar refractivity (Wildman–Crippen MR) is 67.7 cm³/mol. The van der Waals surface area contributed by atoms with Gasteiger partial charge < -0.3 is 5.11 Å². The van der Waals surface area contributed by atoms with Crippen molar-refractivity contribution in [1.29, 1.82) is 0 Å². The summed E-state index contributed by atoms with van der Waals surface area (Å²) in [5.74, 6) is -0.783. The standard InChI is InChI=1S/C11H12N2O2S2/c1-7-12-9(6-16-7)4-10-13-8(5-17-10)2-3-11(14)15/h5-6H,2-4H2,1H3,(H,14,15). The first-order valence-corrected chi connectivity index (χ1v) is 6.95. The lowest BCUT2D eigenvalue weighted by molar-refractivity contribution is -0.136. The number of hydrogen-bond acceptors (Lipinski definition) is 5. The summed E-state index contributed by atoms with van der Waals surface area (Å²) < 4.78 is 0. The molecule has 6 heteroatoms. The van der Waals surface area contributed by atoms with Crippen LogP contribution in [0.3, 0.4) is 0 Å². The zero-order valence-corrected chi connectivity index (χ0v) is 11.0. The second-order valence-corrected chi connectivity index (χ2v) is 5.67. The van der Waals surface area contributed by atoms with Crippen LogP contribution in [-0.4, -0.2) is 21.0 Å². The highest BCUT2D eigenvalue weighted by Gasteiger charge is 2.07. The lowest BCUT2D eigenvalue weighted by atomic mass is 10.2. The van der Waals surface area contributed by atoms with Gasteiger partial charge in [0.2, 0.25) is 0 Å². The minimum Gasteiger partial charge on any atom is -0.481 e. The lowest BCUT2D eigenvalue weighted by Gasteiger charge is -1.92. The van der Waals surface area contributed by atoms with E-state index < -0.39 is 5.97 Å². The number of thiazole rings is 2.